The monoisotopic (exact) mass is 375 g/mol. The Morgan fingerprint density at radius 1 is 1.26 bits per heavy atom. The lowest BCUT2D eigenvalue weighted by atomic mass is 9.97. The predicted molar refractivity (Wildman–Crippen MR) is 99.8 cm³/mol. The van der Waals surface area contributed by atoms with Crippen molar-refractivity contribution >= 4 is 23.2 Å². The average Bonchev–Trinajstić information content (AvgIpc) is 3.05. The number of benzene rings is 1. The van der Waals surface area contributed by atoms with Crippen LogP contribution in [0.5, 0.6) is 5.75 Å². The van der Waals surface area contributed by atoms with Crippen LogP contribution in [0.2, 0.25) is 0 Å². The Bertz CT molecular complexity index is 741. The molecule has 0 saturated carbocycles. The van der Waals surface area contributed by atoms with Crippen molar-refractivity contribution in [3.63, 3.8) is 0 Å². The van der Waals surface area contributed by atoms with Gasteiger partial charge in [0.25, 0.3) is 5.91 Å². The third-order valence-corrected chi connectivity index (χ3v) is 5.36. The molecule has 0 spiro atoms. The number of rotatable bonds is 5. The van der Waals surface area contributed by atoms with E-state index in [1.165, 1.54) is 12.1 Å². The SMILES string of the molecule is C[C@@H]1CCC[C@H](C)N1C(=O)COc1cc(N2CCCC2=O)ccc1[N+](=O)[O-]. The molecule has 8 heteroatoms. The van der Waals surface area contributed by atoms with Crippen LogP contribution in [0.3, 0.4) is 0 Å². The van der Waals surface area contributed by atoms with Gasteiger partial charge in [0.1, 0.15) is 0 Å². The number of nitro benzene ring substituents is 1. The number of piperidine rings is 1. The molecule has 2 heterocycles. The summed E-state index contributed by atoms with van der Waals surface area (Å²) < 4.78 is 5.57. The third-order valence-electron chi connectivity index (χ3n) is 5.36. The second kappa shape index (κ2) is 7.94. The summed E-state index contributed by atoms with van der Waals surface area (Å²) in [4.78, 5) is 38.8. The summed E-state index contributed by atoms with van der Waals surface area (Å²) in [6.07, 6.45) is 4.21. The highest BCUT2D eigenvalue weighted by Crippen LogP contribution is 2.33. The van der Waals surface area contributed by atoms with Crippen LogP contribution in [0.25, 0.3) is 0 Å². The maximum Gasteiger partial charge on any atom is 0.311 e. The quantitative estimate of drug-likeness (QED) is 0.583. The van der Waals surface area contributed by atoms with Gasteiger partial charge in [0, 0.05) is 42.9 Å². The van der Waals surface area contributed by atoms with Crippen LogP contribution in [0.4, 0.5) is 11.4 Å². The first kappa shape index (κ1) is 19.1. The number of hydrogen-bond acceptors (Lipinski definition) is 5. The minimum Gasteiger partial charge on any atom is -0.477 e. The normalized spacial score (nSPS) is 22.8. The van der Waals surface area contributed by atoms with Gasteiger partial charge in [0.15, 0.2) is 12.4 Å². The summed E-state index contributed by atoms with van der Waals surface area (Å²) in [6, 6.07) is 4.62. The van der Waals surface area contributed by atoms with Gasteiger partial charge in [-0.1, -0.05) is 0 Å². The van der Waals surface area contributed by atoms with E-state index in [1.807, 2.05) is 18.7 Å². The van der Waals surface area contributed by atoms with Crippen molar-refractivity contribution in [2.45, 2.75) is 58.0 Å². The molecular formula is C19H25N3O5. The van der Waals surface area contributed by atoms with Crippen molar-refractivity contribution in [3.05, 3.63) is 28.3 Å². The van der Waals surface area contributed by atoms with Crippen LogP contribution in [0.15, 0.2) is 18.2 Å². The molecule has 0 bridgehead atoms. The fourth-order valence-electron chi connectivity index (χ4n) is 3.99. The van der Waals surface area contributed by atoms with Gasteiger partial charge in [-0.25, -0.2) is 0 Å². The lowest BCUT2D eigenvalue weighted by molar-refractivity contribution is -0.385. The van der Waals surface area contributed by atoms with Crippen LogP contribution < -0.4 is 9.64 Å². The molecule has 3 rings (SSSR count). The van der Waals surface area contributed by atoms with Gasteiger partial charge in [-0.05, 0) is 45.6 Å². The Hall–Kier alpha value is -2.64. The van der Waals surface area contributed by atoms with E-state index < -0.39 is 4.92 Å². The third kappa shape index (κ3) is 4.04. The van der Waals surface area contributed by atoms with Crippen LogP contribution in [-0.2, 0) is 9.59 Å². The first-order valence-corrected chi connectivity index (χ1v) is 9.41. The number of nitrogens with zero attached hydrogens (tertiary/aromatic N) is 3. The Morgan fingerprint density at radius 2 is 1.96 bits per heavy atom. The lowest BCUT2D eigenvalue weighted by Gasteiger charge is -2.38. The molecule has 0 radical (unpaired) electrons. The predicted octanol–water partition coefficient (Wildman–Crippen LogP) is 2.89. The molecule has 2 amide bonds. The maximum atomic E-state index is 12.6. The van der Waals surface area contributed by atoms with E-state index in [0.29, 0.717) is 18.7 Å². The number of nitro groups is 1. The van der Waals surface area contributed by atoms with Gasteiger partial charge in [-0.2, -0.15) is 0 Å². The zero-order valence-corrected chi connectivity index (χ0v) is 15.7. The van der Waals surface area contributed by atoms with Crippen molar-refractivity contribution in [2.24, 2.45) is 0 Å². The number of amides is 2. The van der Waals surface area contributed by atoms with Gasteiger partial charge < -0.3 is 14.5 Å². The van der Waals surface area contributed by atoms with E-state index in [4.69, 9.17) is 4.74 Å². The topological polar surface area (TPSA) is 93.0 Å². The van der Waals surface area contributed by atoms with Gasteiger partial charge in [-0.3, -0.25) is 19.7 Å². The number of anilines is 1. The molecule has 2 aliphatic heterocycles. The molecule has 8 nitrogen and oxygen atoms in total. The van der Waals surface area contributed by atoms with Gasteiger partial charge in [0.2, 0.25) is 5.91 Å². The summed E-state index contributed by atoms with van der Waals surface area (Å²) in [5, 5.41) is 11.3. The maximum absolute atomic E-state index is 12.6. The zero-order valence-electron chi connectivity index (χ0n) is 15.7. The van der Waals surface area contributed by atoms with Crippen molar-refractivity contribution in [3.8, 4) is 5.75 Å². The number of ether oxygens (including phenoxy) is 1. The first-order valence-electron chi connectivity index (χ1n) is 9.41. The average molecular weight is 375 g/mol. The van der Waals surface area contributed by atoms with E-state index >= 15 is 0 Å². The van der Waals surface area contributed by atoms with Crippen LogP contribution in [0.1, 0.15) is 46.0 Å². The van der Waals surface area contributed by atoms with Crippen molar-refractivity contribution in [1.82, 2.24) is 4.90 Å². The second-order valence-corrected chi connectivity index (χ2v) is 7.28. The molecule has 0 N–H and O–H groups in total. The minimum atomic E-state index is -0.540. The molecule has 0 aliphatic carbocycles. The van der Waals surface area contributed by atoms with Gasteiger partial charge in [0.05, 0.1) is 4.92 Å². The first-order chi connectivity index (χ1) is 12.9. The molecule has 2 aliphatic rings. The fourth-order valence-corrected chi connectivity index (χ4v) is 3.99. The largest absolute Gasteiger partial charge is 0.477 e. The van der Waals surface area contributed by atoms with Crippen molar-refractivity contribution < 1.29 is 19.2 Å². The molecule has 27 heavy (non-hydrogen) atoms. The standard InChI is InChI=1S/C19H25N3O5/c1-13-5-3-6-14(2)21(13)19(24)12-27-17-11-15(8-9-16(17)22(25)26)20-10-4-7-18(20)23/h8-9,11,13-14H,3-7,10,12H2,1-2H3/t13-,14+. The van der Waals surface area contributed by atoms with E-state index in [1.54, 1.807) is 11.0 Å². The van der Waals surface area contributed by atoms with Gasteiger partial charge >= 0.3 is 5.69 Å². The van der Waals surface area contributed by atoms with Crippen molar-refractivity contribution in [2.75, 3.05) is 18.1 Å². The summed E-state index contributed by atoms with van der Waals surface area (Å²) in [5.74, 6) is -0.170. The summed E-state index contributed by atoms with van der Waals surface area (Å²) >= 11 is 0. The fraction of sp³-hybridized carbons (Fsp3) is 0.579. The Kier molecular flexibility index (Phi) is 5.62. The summed E-state index contributed by atoms with van der Waals surface area (Å²) in [6.45, 7) is 4.34. The van der Waals surface area contributed by atoms with E-state index in [2.05, 4.69) is 0 Å². The molecule has 2 atom stereocenters. The van der Waals surface area contributed by atoms with Crippen LogP contribution in [-0.4, -0.2) is 46.9 Å². The molecule has 0 aromatic heterocycles. The zero-order chi connectivity index (χ0) is 19.6. The molecule has 2 fully saturated rings. The van der Waals surface area contributed by atoms with Crippen LogP contribution >= 0.6 is 0 Å². The number of carbonyl (C=O) groups excluding carboxylic acids is 2. The highest BCUT2D eigenvalue weighted by atomic mass is 16.6. The molecule has 2 saturated heterocycles. The molecule has 0 unspecified atom stereocenters. The Morgan fingerprint density at radius 3 is 2.56 bits per heavy atom. The van der Waals surface area contributed by atoms with E-state index in [0.717, 1.165) is 25.7 Å². The Labute approximate surface area is 158 Å². The number of likely N-dealkylation sites (tertiary alicyclic amines) is 1. The number of carbonyl (C=O) groups is 2. The van der Waals surface area contributed by atoms with Crippen molar-refractivity contribution in [1.29, 1.82) is 0 Å². The highest BCUT2D eigenvalue weighted by Gasteiger charge is 2.30. The number of hydrogen-bond donors (Lipinski definition) is 0. The Balaban J connectivity index is 1.77. The summed E-state index contributed by atoms with van der Waals surface area (Å²) in [5.41, 5.74) is 0.350. The molecule has 1 aromatic rings. The minimum absolute atomic E-state index is 0.0122. The molecular weight excluding hydrogens is 350 g/mol. The van der Waals surface area contributed by atoms with Crippen LogP contribution in [0, 0.1) is 10.1 Å². The van der Waals surface area contributed by atoms with E-state index in [9.17, 15) is 19.7 Å². The summed E-state index contributed by atoms with van der Waals surface area (Å²) in [7, 11) is 0. The van der Waals surface area contributed by atoms with E-state index in [-0.39, 0.29) is 41.9 Å². The second-order valence-electron chi connectivity index (χ2n) is 7.28. The van der Waals surface area contributed by atoms with Gasteiger partial charge in [-0.15, -0.1) is 0 Å². The highest BCUT2D eigenvalue weighted by molar-refractivity contribution is 5.95. The molecule has 146 valence electrons. The molecule has 1 aromatic carbocycles. The smallest absolute Gasteiger partial charge is 0.311 e. The lowest BCUT2D eigenvalue weighted by Crippen LogP contribution is -2.49.